The molecule has 0 amide bonds. The average molecular weight is 966 g/mol. The SMILES string of the molecule is CC(C)[Si](C#Cc1ccc(-c2ccc(F)c(F)c2)cc1F)(C(C)C)C(C)C.CCCc1ccc(Br)c(C)c1.CCCc1ccc(C#Cc2ccc(-c3ccc(F)c(F)c3)cc2F)c(C)c1. The van der Waals surface area contributed by atoms with E-state index in [-0.39, 0.29) is 5.56 Å². The molecule has 8 heteroatoms. The van der Waals surface area contributed by atoms with E-state index in [0.29, 0.717) is 44.4 Å². The summed E-state index contributed by atoms with van der Waals surface area (Å²) in [7, 11) is -1.94. The third-order valence-electron chi connectivity index (χ3n) is 11.6. The molecule has 0 atom stereocenters. The van der Waals surface area contributed by atoms with Gasteiger partial charge < -0.3 is 0 Å². The number of hydrogen-bond acceptors (Lipinski definition) is 0. The molecule has 0 radical (unpaired) electrons. The normalized spacial score (nSPS) is 11.0. The van der Waals surface area contributed by atoms with Crippen LogP contribution in [0, 0.1) is 72.1 Å². The summed E-state index contributed by atoms with van der Waals surface area (Å²) in [5, 5.41) is 0. The van der Waals surface area contributed by atoms with E-state index in [4.69, 9.17) is 0 Å². The van der Waals surface area contributed by atoms with E-state index in [2.05, 4.69) is 126 Å². The summed E-state index contributed by atoms with van der Waals surface area (Å²) >= 11 is 3.48. The number of benzene rings is 6. The first-order valence-electron chi connectivity index (χ1n) is 22.2. The van der Waals surface area contributed by atoms with Crippen molar-refractivity contribution in [2.45, 2.75) is 112 Å². The van der Waals surface area contributed by atoms with Crippen LogP contribution in [-0.4, -0.2) is 8.07 Å². The van der Waals surface area contributed by atoms with Crippen LogP contribution in [0.4, 0.5) is 26.3 Å². The van der Waals surface area contributed by atoms with Gasteiger partial charge in [0.2, 0.25) is 0 Å². The average Bonchev–Trinajstić information content (AvgIpc) is 3.25. The molecule has 65 heavy (non-hydrogen) atoms. The second kappa shape index (κ2) is 24.3. The molecular weight excluding hydrogens is 907 g/mol. The van der Waals surface area contributed by atoms with E-state index in [1.165, 1.54) is 58.3 Å². The molecule has 0 heterocycles. The highest BCUT2D eigenvalue weighted by Crippen LogP contribution is 2.41. The second-order valence-electron chi connectivity index (χ2n) is 17.3. The lowest BCUT2D eigenvalue weighted by Gasteiger charge is -2.38. The van der Waals surface area contributed by atoms with E-state index in [0.717, 1.165) is 48.2 Å². The fourth-order valence-electron chi connectivity index (χ4n) is 8.15. The van der Waals surface area contributed by atoms with Gasteiger partial charge in [-0.15, -0.1) is 5.54 Å². The smallest absolute Gasteiger partial charge is 0.159 e. The Bertz CT molecular complexity index is 2670. The van der Waals surface area contributed by atoms with Crippen molar-refractivity contribution in [3.8, 4) is 45.6 Å². The molecule has 0 aliphatic carbocycles. The Kier molecular flexibility index (Phi) is 19.6. The van der Waals surface area contributed by atoms with Crippen molar-refractivity contribution in [2.24, 2.45) is 0 Å². The topological polar surface area (TPSA) is 0 Å². The lowest BCUT2D eigenvalue weighted by atomic mass is 10.0. The van der Waals surface area contributed by atoms with Gasteiger partial charge in [-0.1, -0.05) is 150 Å². The Labute approximate surface area is 393 Å². The monoisotopic (exact) mass is 964 g/mol. The third kappa shape index (κ3) is 14.1. The molecular formula is C57H59BrF6Si. The number of rotatable bonds is 9. The van der Waals surface area contributed by atoms with Gasteiger partial charge in [-0.05, 0) is 148 Å². The van der Waals surface area contributed by atoms with Crippen LogP contribution in [0.2, 0.25) is 16.6 Å². The second-order valence-corrected chi connectivity index (χ2v) is 23.7. The summed E-state index contributed by atoms with van der Waals surface area (Å²) in [6.07, 6.45) is 4.52. The van der Waals surface area contributed by atoms with Crippen LogP contribution in [0.3, 0.4) is 0 Å². The first-order chi connectivity index (χ1) is 30.8. The van der Waals surface area contributed by atoms with Gasteiger partial charge in [-0.25, -0.2) is 26.3 Å². The van der Waals surface area contributed by atoms with Gasteiger partial charge in [0.25, 0.3) is 0 Å². The summed E-state index contributed by atoms with van der Waals surface area (Å²) in [5.74, 6) is 4.29. The molecule has 0 saturated heterocycles. The van der Waals surface area contributed by atoms with Crippen LogP contribution in [0.25, 0.3) is 22.3 Å². The van der Waals surface area contributed by atoms with E-state index in [1.54, 1.807) is 24.3 Å². The fourth-order valence-corrected chi connectivity index (χ4v) is 13.6. The zero-order valence-corrected chi connectivity index (χ0v) is 41.7. The summed E-state index contributed by atoms with van der Waals surface area (Å²) < 4.78 is 83.2. The minimum atomic E-state index is -1.94. The summed E-state index contributed by atoms with van der Waals surface area (Å²) in [6, 6.07) is 28.9. The van der Waals surface area contributed by atoms with Crippen molar-refractivity contribution < 1.29 is 26.3 Å². The molecule has 0 aliphatic rings. The molecule has 340 valence electrons. The predicted molar refractivity (Wildman–Crippen MR) is 265 cm³/mol. The molecule has 0 N–H and O–H groups in total. The van der Waals surface area contributed by atoms with E-state index in [1.807, 2.05) is 19.1 Å². The van der Waals surface area contributed by atoms with Crippen LogP contribution in [-0.2, 0) is 12.8 Å². The maximum absolute atomic E-state index is 14.6. The molecule has 0 aromatic heterocycles. The Morgan fingerprint density at radius 3 is 1.18 bits per heavy atom. The quantitative estimate of drug-likeness (QED) is 0.0769. The van der Waals surface area contributed by atoms with Crippen LogP contribution >= 0.6 is 15.9 Å². The standard InChI is InChI=1S/C24H19F3.C23H27F3Si.C10H13Br/c1-3-4-17-5-6-18(16(2)13-17)7-8-19-9-10-20(14-23(19)26)21-11-12-22(25)24(27)15-21;1-15(2)27(16(3)4,17(5)6)12-11-18-7-8-19(13-22(18)25)20-9-10-21(24)23(26)14-20;1-3-4-9-5-6-10(11)8(2)7-9/h5-6,9-15H,3-4H2,1-2H3;7-10,13-17H,1-6H3;5-7H,3-4H2,1-2H3. The molecule has 0 aliphatic heterocycles. The van der Waals surface area contributed by atoms with Crippen LogP contribution in [0.1, 0.15) is 107 Å². The highest BCUT2D eigenvalue weighted by Gasteiger charge is 2.41. The molecule has 0 nitrogen and oxygen atoms in total. The molecule has 0 fully saturated rings. The van der Waals surface area contributed by atoms with Crippen LogP contribution in [0.15, 0.2) is 114 Å². The molecule has 0 saturated carbocycles. The lowest BCUT2D eigenvalue weighted by Crippen LogP contribution is -2.43. The lowest BCUT2D eigenvalue weighted by molar-refractivity contribution is 0.509. The highest BCUT2D eigenvalue weighted by molar-refractivity contribution is 9.10. The first kappa shape index (κ1) is 52.3. The molecule has 0 spiro atoms. The van der Waals surface area contributed by atoms with E-state index in [9.17, 15) is 26.3 Å². The Morgan fingerprint density at radius 1 is 0.431 bits per heavy atom. The van der Waals surface area contributed by atoms with E-state index < -0.39 is 43.0 Å². The number of aryl methyl sites for hydroxylation is 4. The molecule has 0 unspecified atom stereocenters. The summed E-state index contributed by atoms with van der Waals surface area (Å²) in [4.78, 5) is 0. The number of hydrogen-bond donors (Lipinski definition) is 0. The van der Waals surface area contributed by atoms with Gasteiger partial charge >= 0.3 is 0 Å². The minimum absolute atomic E-state index is 0.262. The van der Waals surface area contributed by atoms with Crippen molar-refractivity contribution >= 4 is 24.0 Å². The van der Waals surface area contributed by atoms with Crippen LogP contribution in [0.5, 0.6) is 0 Å². The molecule has 6 rings (SSSR count). The van der Waals surface area contributed by atoms with Gasteiger partial charge in [-0.3, -0.25) is 0 Å². The Morgan fingerprint density at radius 2 is 0.800 bits per heavy atom. The zero-order chi connectivity index (χ0) is 48.0. The first-order valence-corrected chi connectivity index (χ1v) is 25.2. The summed E-state index contributed by atoms with van der Waals surface area (Å²) in [5.41, 5.74) is 13.3. The Hall–Kier alpha value is -5.28. The molecule has 6 aromatic rings. The predicted octanol–water partition coefficient (Wildman–Crippen LogP) is 17.5. The number of halogens is 7. The van der Waals surface area contributed by atoms with Crippen molar-refractivity contribution in [1.82, 2.24) is 0 Å². The minimum Gasteiger partial charge on any atom is -0.206 e. The molecule has 0 bridgehead atoms. The van der Waals surface area contributed by atoms with Gasteiger partial charge in [0.15, 0.2) is 23.3 Å². The largest absolute Gasteiger partial charge is 0.206 e. The molecule has 6 aromatic carbocycles. The maximum atomic E-state index is 14.6. The van der Waals surface area contributed by atoms with Gasteiger partial charge in [0.1, 0.15) is 19.7 Å². The van der Waals surface area contributed by atoms with Crippen molar-refractivity contribution in [2.75, 3.05) is 0 Å². The third-order valence-corrected chi connectivity index (χ3v) is 18.8. The highest BCUT2D eigenvalue weighted by atomic mass is 79.9. The van der Waals surface area contributed by atoms with Crippen molar-refractivity contribution in [3.63, 3.8) is 0 Å². The van der Waals surface area contributed by atoms with Gasteiger partial charge in [-0.2, -0.15) is 0 Å². The van der Waals surface area contributed by atoms with E-state index >= 15 is 0 Å². The summed E-state index contributed by atoms with van der Waals surface area (Å²) in [6.45, 7) is 21.7. The van der Waals surface area contributed by atoms with Crippen molar-refractivity contribution in [1.29, 1.82) is 0 Å². The van der Waals surface area contributed by atoms with Crippen molar-refractivity contribution in [3.05, 3.63) is 188 Å². The fraction of sp³-hybridized carbons (Fsp3) is 0.298. The zero-order valence-electron chi connectivity index (χ0n) is 39.1. The maximum Gasteiger partial charge on any atom is 0.159 e. The Balaban J connectivity index is 0.000000232. The van der Waals surface area contributed by atoms with Gasteiger partial charge in [0.05, 0.1) is 11.1 Å². The van der Waals surface area contributed by atoms with Gasteiger partial charge in [0, 0.05) is 10.0 Å². The van der Waals surface area contributed by atoms with Crippen LogP contribution < -0.4 is 0 Å².